The molecule has 1 unspecified atom stereocenters. The lowest BCUT2D eigenvalue weighted by Crippen LogP contribution is -2.25. The van der Waals surface area contributed by atoms with Gasteiger partial charge in [-0.3, -0.25) is 9.59 Å². The molecule has 1 aromatic carbocycles. The van der Waals surface area contributed by atoms with E-state index in [0.29, 0.717) is 33.8 Å². The van der Waals surface area contributed by atoms with Gasteiger partial charge in [0.2, 0.25) is 11.7 Å². The van der Waals surface area contributed by atoms with Gasteiger partial charge in [0.25, 0.3) is 0 Å². The average Bonchev–Trinajstić information content (AvgIpc) is 2.89. The number of hydrogen-bond donors (Lipinski definition) is 2. The van der Waals surface area contributed by atoms with E-state index in [0.717, 1.165) is 0 Å². The Balaban J connectivity index is 2.19. The van der Waals surface area contributed by atoms with Gasteiger partial charge in [0.15, 0.2) is 6.10 Å². The van der Waals surface area contributed by atoms with E-state index in [9.17, 15) is 14.4 Å². The van der Waals surface area contributed by atoms with E-state index in [2.05, 4.69) is 4.98 Å². The zero-order valence-corrected chi connectivity index (χ0v) is 15.2. The van der Waals surface area contributed by atoms with Crippen molar-refractivity contribution in [1.82, 2.24) is 4.98 Å². The molecule has 0 saturated heterocycles. The maximum atomic E-state index is 12.7. The highest BCUT2D eigenvalue weighted by Crippen LogP contribution is 2.22. The zero-order valence-electron chi connectivity index (χ0n) is 15.2. The predicted molar refractivity (Wildman–Crippen MR) is 95.6 cm³/mol. The van der Waals surface area contributed by atoms with Gasteiger partial charge in [-0.05, 0) is 57.5 Å². The summed E-state index contributed by atoms with van der Waals surface area (Å²) in [5, 5.41) is 0. The molecule has 1 atom stereocenters. The Morgan fingerprint density at radius 1 is 1.15 bits per heavy atom. The minimum absolute atomic E-state index is 0.257. The van der Waals surface area contributed by atoms with E-state index in [-0.39, 0.29) is 12.4 Å². The van der Waals surface area contributed by atoms with Crippen molar-refractivity contribution in [2.24, 2.45) is 5.73 Å². The third-order valence-corrected chi connectivity index (χ3v) is 3.98. The van der Waals surface area contributed by atoms with E-state index in [1.165, 1.54) is 12.1 Å². The van der Waals surface area contributed by atoms with Crippen LogP contribution in [0.1, 0.15) is 56.3 Å². The Labute approximate surface area is 151 Å². The number of benzene rings is 1. The van der Waals surface area contributed by atoms with Crippen molar-refractivity contribution in [2.45, 2.75) is 33.8 Å². The highest BCUT2D eigenvalue weighted by atomic mass is 16.5. The number of nitrogens with one attached hydrogen (secondary N) is 1. The monoisotopic (exact) mass is 358 g/mol. The first-order valence-electron chi connectivity index (χ1n) is 8.23. The summed E-state index contributed by atoms with van der Waals surface area (Å²) >= 11 is 0. The lowest BCUT2D eigenvalue weighted by molar-refractivity contribution is 0.0524. The first-order chi connectivity index (χ1) is 12.3. The Hall–Kier alpha value is -3.09. The standard InChI is InChI=1S/C19H22N2O5/c1-5-25-19(24)15-10(2)16(21-11(15)3)17(22)12(4)26-14-8-6-13(7-9-14)18(20)23/h6-9,12,21H,5H2,1-4H3,(H2,20,23). The van der Waals surface area contributed by atoms with E-state index < -0.39 is 18.0 Å². The summed E-state index contributed by atoms with van der Waals surface area (Å²) < 4.78 is 10.7. The molecule has 7 heteroatoms. The summed E-state index contributed by atoms with van der Waals surface area (Å²) in [6, 6.07) is 6.19. The minimum atomic E-state index is -0.791. The molecular weight excluding hydrogens is 336 g/mol. The number of primary amides is 1. The molecule has 0 fully saturated rings. The summed E-state index contributed by atoms with van der Waals surface area (Å²) in [6.07, 6.45) is -0.791. The van der Waals surface area contributed by atoms with Crippen LogP contribution < -0.4 is 10.5 Å². The summed E-state index contributed by atoms with van der Waals surface area (Å²) in [4.78, 5) is 38.8. The van der Waals surface area contributed by atoms with Crippen LogP contribution in [0.4, 0.5) is 0 Å². The van der Waals surface area contributed by atoms with Crippen LogP contribution in [0.2, 0.25) is 0 Å². The SMILES string of the molecule is CCOC(=O)c1c(C)[nH]c(C(=O)C(C)Oc2ccc(C(N)=O)cc2)c1C. The molecule has 0 aliphatic rings. The predicted octanol–water partition coefficient (Wildman–Crippen LogP) is 2.56. The van der Waals surface area contributed by atoms with Crippen LogP contribution in [0.5, 0.6) is 5.75 Å². The highest BCUT2D eigenvalue weighted by molar-refractivity contribution is 6.03. The molecule has 2 aromatic rings. The van der Waals surface area contributed by atoms with Crippen LogP contribution >= 0.6 is 0 Å². The van der Waals surface area contributed by atoms with E-state index >= 15 is 0 Å². The summed E-state index contributed by atoms with van der Waals surface area (Å²) in [6.45, 7) is 7.00. The molecule has 0 aliphatic heterocycles. The number of amides is 1. The van der Waals surface area contributed by atoms with E-state index in [4.69, 9.17) is 15.2 Å². The number of rotatable bonds is 7. The van der Waals surface area contributed by atoms with Crippen molar-refractivity contribution in [3.05, 3.63) is 52.3 Å². The van der Waals surface area contributed by atoms with Crippen LogP contribution in [0.15, 0.2) is 24.3 Å². The number of aryl methyl sites for hydroxylation is 1. The topological polar surface area (TPSA) is 111 Å². The maximum absolute atomic E-state index is 12.7. The summed E-state index contributed by atoms with van der Waals surface area (Å²) in [5.74, 6) is -0.861. The van der Waals surface area contributed by atoms with Crippen molar-refractivity contribution in [2.75, 3.05) is 6.61 Å². The second-order valence-corrected chi connectivity index (χ2v) is 5.86. The smallest absolute Gasteiger partial charge is 0.340 e. The number of aromatic nitrogens is 1. The van der Waals surface area contributed by atoms with Crippen molar-refractivity contribution in [3.63, 3.8) is 0 Å². The third kappa shape index (κ3) is 3.93. The number of ether oxygens (including phenoxy) is 2. The van der Waals surface area contributed by atoms with Crippen LogP contribution in [0.3, 0.4) is 0 Å². The molecule has 1 heterocycles. The van der Waals surface area contributed by atoms with Crippen LogP contribution in [0.25, 0.3) is 0 Å². The number of aromatic amines is 1. The van der Waals surface area contributed by atoms with E-state index in [1.807, 2.05) is 0 Å². The van der Waals surface area contributed by atoms with Gasteiger partial charge in [0.1, 0.15) is 5.75 Å². The number of hydrogen-bond acceptors (Lipinski definition) is 5. The molecular formula is C19H22N2O5. The van der Waals surface area contributed by atoms with Gasteiger partial charge in [-0.2, -0.15) is 0 Å². The number of carbonyl (C=O) groups excluding carboxylic acids is 3. The number of Topliss-reactive ketones (excluding diaryl/α,β-unsaturated/α-hetero) is 1. The number of ketones is 1. The summed E-state index contributed by atoms with van der Waals surface area (Å²) in [7, 11) is 0. The normalized spacial score (nSPS) is 11.7. The van der Waals surface area contributed by atoms with Crippen molar-refractivity contribution in [1.29, 1.82) is 0 Å². The highest BCUT2D eigenvalue weighted by Gasteiger charge is 2.26. The first kappa shape index (κ1) is 19.2. The van der Waals surface area contributed by atoms with Gasteiger partial charge in [0.05, 0.1) is 17.9 Å². The Morgan fingerprint density at radius 3 is 2.31 bits per heavy atom. The van der Waals surface area contributed by atoms with Crippen LogP contribution in [-0.2, 0) is 4.74 Å². The minimum Gasteiger partial charge on any atom is -0.483 e. The fourth-order valence-corrected chi connectivity index (χ4v) is 2.66. The molecule has 7 nitrogen and oxygen atoms in total. The molecule has 0 spiro atoms. The molecule has 1 amide bonds. The van der Waals surface area contributed by atoms with Gasteiger partial charge in [-0.15, -0.1) is 0 Å². The Kier molecular flexibility index (Phi) is 5.82. The van der Waals surface area contributed by atoms with Crippen molar-refractivity contribution in [3.8, 4) is 5.75 Å². The zero-order chi connectivity index (χ0) is 19.4. The average molecular weight is 358 g/mol. The second-order valence-electron chi connectivity index (χ2n) is 5.86. The maximum Gasteiger partial charge on any atom is 0.340 e. The van der Waals surface area contributed by atoms with Gasteiger partial charge in [-0.25, -0.2) is 4.79 Å². The fraction of sp³-hybridized carbons (Fsp3) is 0.316. The Bertz CT molecular complexity index is 836. The fourth-order valence-electron chi connectivity index (χ4n) is 2.66. The van der Waals surface area contributed by atoms with Gasteiger partial charge >= 0.3 is 5.97 Å². The number of H-pyrrole nitrogens is 1. The molecule has 26 heavy (non-hydrogen) atoms. The van der Waals surface area contributed by atoms with Crippen LogP contribution in [-0.4, -0.2) is 35.4 Å². The molecule has 0 aliphatic carbocycles. The molecule has 2 rings (SSSR count). The Morgan fingerprint density at radius 2 is 1.77 bits per heavy atom. The lowest BCUT2D eigenvalue weighted by atomic mass is 10.1. The lowest BCUT2D eigenvalue weighted by Gasteiger charge is -2.14. The third-order valence-electron chi connectivity index (χ3n) is 3.98. The van der Waals surface area contributed by atoms with Crippen molar-refractivity contribution >= 4 is 17.7 Å². The molecule has 0 radical (unpaired) electrons. The second kappa shape index (κ2) is 7.86. The molecule has 1 aromatic heterocycles. The van der Waals surface area contributed by atoms with E-state index in [1.54, 1.807) is 39.8 Å². The quantitative estimate of drug-likeness (QED) is 0.583. The van der Waals surface area contributed by atoms with Gasteiger partial charge in [0, 0.05) is 11.3 Å². The van der Waals surface area contributed by atoms with Crippen LogP contribution in [0, 0.1) is 13.8 Å². The number of esters is 1. The first-order valence-corrected chi connectivity index (χ1v) is 8.23. The number of carbonyl (C=O) groups is 3. The molecule has 0 bridgehead atoms. The summed E-state index contributed by atoms with van der Waals surface area (Å²) in [5.41, 5.74) is 7.33. The molecule has 138 valence electrons. The largest absolute Gasteiger partial charge is 0.483 e. The molecule has 0 saturated carbocycles. The van der Waals surface area contributed by atoms with Crippen molar-refractivity contribution < 1.29 is 23.9 Å². The number of nitrogens with two attached hydrogens (primary N) is 1. The molecule has 3 N–H and O–H groups in total. The van der Waals surface area contributed by atoms with Gasteiger partial charge < -0.3 is 20.2 Å². The van der Waals surface area contributed by atoms with Gasteiger partial charge in [-0.1, -0.05) is 0 Å².